The van der Waals surface area contributed by atoms with Gasteiger partial charge in [-0.15, -0.1) is 0 Å². The van der Waals surface area contributed by atoms with Crippen molar-refractivity contribution in [2.75, 3.05) is 5.73 Å². The molecule has 1 fully saturated rings. The molecule has 0 bridgehead atoms. The minimum atomic E-state index is -0.749. The second-order valence-corrected chi connectivity index (χ2v) is 4.94. The molecular formula is C12H15N3O2. The summed E-state index contributed by atoms with van der Waals surface area (Å²) in [5, 5.41) is 9.03. The largest absolute Gasteiger partial charge is 0.481 e. The number of carbonyl (C=O) groups is 1. The molecule has 0 saturated heterocycles. The van der Waals surface area contributed by atoms with Gasteiger partial charge in [0.25, 0.3) is 0 Å². The second kappa shape index (κ2) is 3.68. The van der Waals surface area contributed by atoms with Crippen LogP contribution in [0, 0.1) is 5.92 Å². The Bertz CT molecular complexity index is 483. The lowest BCUT2D eigenvalue weighted by Crippen LogP contribution is -2.25. The van der Waals surface area contributed by atoms with Gasteiger partial charge in [0.15, 0.2) is 0 Å². The molecule has 5 heteroatoms. The lowest BCUT2D eigenvalue weighted by Gasteiger charge is -2.22. The molecule has 3 rings (SSSR count). The van der Waals surface area contributed by atoms with Crippen molar-refractivity contribution in [3.05, 3.63) is 17.1 Å². The molecular weight excluding hydrogens is 218 g/mol. The molecule has 1 aromatic heterocycles. The minimum absolute atomic E-state index is 0.333. The molecule has 1 atom stereocenters. The van der Waals surface area contributed by atoms with Crippen molar-refractivity contribution in [2.24, 2.45) is 5.92 Å². The molecule has 2 aliphatic carbocycles. The van der Waals surface area contributed by atoms with Gasteiger partial charge in [-0.25, -0.2) is 9.97 Å². The molecule has 0 radical (unpaired) electrons. The summed E-state index contributed by atoms with van der Waals surface area (Å²) < 4.78 is 0. The first-order chi connectivity index (χ1) is 8.15. The van der Waals surface area contributed by atoms with Crippen LogP contribution in [0.15, 0.2) is 0 Å². The molecule has 0 aromatic carbocycles. The summed E-state index contributed by atoms with van der Waals surface area (Å²) in [5.74, 6) is 0.749. The van der Waals surface area contributed by atoms with Gasteiger partial charge >= 0.3 is 5.97 Å². The summed E-state index contributed by atoms with van der Waals surface area (Å²) in [4.78, 5) is 19.8. The Morgan fingerprint density at radius 2 is 2.06 bits per heavy atom. The highest BCUT2D eigenvalue weighted by Gasteiger charge is 2.31. The second-order valence-electron chi connectivity index (χ2n) is 4.94. The van der Waals surface area contributed by atoms with Gasteiger partial charge in [0.05, 0.1) is 5.92 Å². The third-order valence-corrected chi connectivity index (χ3v) is 3.61. The van der Waals surface area contributed by atoms with Crippen molar-refractivity contribution < 1.29 is 9.90 Å². The Balaban J connectivity index is 1.95. The molecule has 1 saturated carbocycles. The van der Waals surface area contributed by atoms with Gasteiger partial charge in [0.2, 0.25) is 0 Å². The normalized spacial score (nSPS) is 23.2. The highest BCUT2D eigenvalue weighted by molar-refractivity contribution is 5.71. The van der Waals surface area contributed by atoms with Crippen LogP contribution in [0.25, 0.3) is 0 Å². The van der Waals surface area contributed by atoms with Crippen LogP contribution in [-0.4, -0.2) is 21.0 Å². The molecule has 17 heavy (non-hydrogen) atoms. The maximum Gasteiger partial charge on any atom is 0.306 e. The predicted octanol–water partition coefficient (Wildman–Crippen LogP) is 1.13. The number of aliphatic carboxylic acids is 1. The SMILES string of the molecule is Nc1nc(C2CC2)nc2c1CC(C(=O)O)CC2. The number of hydrogen-bond acceptors (Lipinski definition) is 4. The molecule has 1 aromatic rings. The lowest BCUT2D eigenvalue weighted by molar-refractivity contribution is -0.142. The summed E-state index contributed by atoms with van der Waals surface area (Å²) in [5.41, 5.74) is 7.75. The highest BCUT2D eigenvalue weighted by Crippen LogP contribution is 2.39. The average molecular weight is 233 g/mol. The fourth-order valence-corrected chi connectivity index (χ4v) is 2.39. The molecule has 0 spiro atoms. The van der Waals surface area contributed by atoms with Crippen molar-refractivity contribution in [1.29, 1.82) is 0 Å². The van der Waals surface area contributed by atoms with Gasteiger partial charge in [0, 0.05) is 17.2 Å². The predicted molar refractivity (Wildman–Crippen MR) is 61.6 cm³/mol. The zero-order chi connectivity index (χ0) is 12.0. The van der Waals surface area contributed by atoms with E-state index in [1.165, 1.54) is 0 Å². The summed E-state index contributed by atoms with van der Waals surface area (Å²) >= 11 is 0. The van der Waals surface area contributed by atoms with E-state index >= 15 is 0 Å². The van der Waals surface area contributed by atoms with Crippen LogP contribution >= 0.6 is 0 Å². The molecule has 90 valence electrons. The summed E-state index contributed by atoms with van der Waals surface area (Å²) in [7, 11) is 0. The lowest BCUT2D eigenvalue weighted by atomic mass is 9.87. The number of aryl methyl sites for hydroxylation is 1. The zero-order valence-corrected chi connectivity index (χ0v) is 9.52. The van der Waals surface area contributed by atoms with Crippen molar-refractivity contribution in [2.45, 2.75) is 38.0 Å². The van der Waals surface area contributed by atoms with E-state index in [1.54, 1.807) is 0 Å². The number of anilines is 1. The number of aromatic nitrogens is 2. The number of carboxylic acid groups (broad SMARTS) is 1. The Kier molecular flexibility index (Phi) is 2.28. The molecule has 3 N–H and O–H groups in total. The zero-order valence-electron chi connectivity index (χ0n) is 9.52. The van der Waals surface area contributed by atoms with Crippen LogP contribution in [0.3, 0.4) is 0 Å². The van der Waals surface area contributed by atoms with Gasteiger partial charge in [-0.2, -0.15) is 0 Å². The van der Waals surface area contributed by atoms with E-state index in [9.17, 15) is 4.79 Å². The number of nitrogen functional groups attached to an aromatic ring is 1. The first-order valence-corrected chi connectivity index (χ1v) is 6.03. The van der Waals surface area contributed by atoms with Crippen LogP contribution in [0.4, 0.5) is 5.82 Å². The van der Waals surface area contributed by atoms with Crippen LogP contribution in [0.2, 0.25) is 0 Å². The first-order valence-electron chi connectivity index (χ1n) is 6.03. The third-order valence-electron chi connectivity index (χ3n) is 3.61. The van der Waals surface area contributed by atoms with E-state index in [0.717, 1.165) is 29.9 Å². The van der Waals surface area contributed by atoms with E-state index in [4.69, 9.17) is 10.8 Å². The van der Waals surface area contributed by atoms with E-state index in [1.807, 2.05) is 0 Å². The van der Waals surface area contributed by atoms with E-state index in [2.05, 4.69) is 9.97 Å². The standard InChI is InChI=1S/C12H15N3O2/c13-10-8-5-7(12(16)17)3-4-9(8)14-11(15-10)6-1-2-6/h6-7H,1-5H2,(H,16,17)(H2,13,14,15). The quantitative estimate of drug-likeness (QED) is 0.799. The van der Waals surface area contributed by atoms with Crippen molar-refractivity contribution >= 4 is 11.8 Å². The number of hydrogen-bond donors (Lipinski definition) is 2. The highest BCUT2D eigenvalue weighted by atomic mass is 16.4. The smallest absolute Gasteiger partial charge is 0.306 e. The van der Waals surface area contributed by atoms with E-state index in [0.29, 0.717) is 31.0 Å². The Labute approximate surface area is 99.1 Å². The monoisotopic (exact) mass is 233 g/mol. The topological polar surface area (TPSA) is 89.1 Å². The number of rotatable bonds is 2. The van der Waals surface area contributed by atoms with E-state index < -0.39 is 5.97 Å². The summed E-state index contributed by atoms with van der Waals surface area (Å²) in [6.07, 6.45) is 4.13. The molecule has 5 nitrogen and oxygen atoms in total. The fraction of sp³-hybridized carbons (Fsp3) is 0.583. The Morgan fingerprint density at radius 3 is 2.71 bits per heavy atom. The number of fused-ring (bicyclic) bond motifs is 1. The van der Waals surface area contributed by atoms with Gasteiger partial charge in [-0.05, 0) is 32.1 Å². The van der Waals surface area contributed by atoms with Crippen LogP contribution in [0.1, 0.15) is 42.3 Å². The Hall–Kier alpha value is -1.65. The maximum absolute atomic E-state index is 11.0. The van der Waals surface area contributed by atoms with E-state index in [-0.39, 0.29) is 5.92 Å². The molecule has 2 aliphatic rings. The van der Waals surface area contributed by atoms with Crippen LogP contribution < -0.4 is 5.73 Å². The number of nitrogens with zero attached hydrogens (tertiary/aromatic N) is 2. The fourth-order valence-electron chi connectivity index (χ4n) is 2.39. The van der Waals surface area contributed by atoms with Crippen molar-refractivity contribution in [1.82, 2.24) is 9.97 Å². The van der Waals surface area contributed by atoms with Crippen molar-refractivity contribution in [3.8, 4) is 0 Å². The number of nitrogens with two attached hydrogens (primary N) is 1. The Morgan fingerprint density at radius 1 is 1.29 bits per heavy atom. The average Bonchev–Trinajstić information content (AvgIpc) is 3.12. The molecule has 1 unspecified atom stereocenters. The van der Waals surface area contributed by atoms with Crippen molar-refractivity contribution in [3.63, 3.8) is 0 Å². The summed E-state index contributed by atoms with van der Waals surface area (Å²) in [6, 6.07) is 0. The van der Waals surface area contributed by atoms with Crippen LogP contribution in [0.5, 0.6) is 0 Å². The first kappa shape index (κ1) is 10.5. The molecule has 0 amide bonds. The molecule has 0 aliphatic heterocycles. The van der Waals surface area contributed by atoms with Gasteiger partial charge in [-0.3, -0.25) is 4.79 Å². The van der Waals surface area contributed by atoms with Gasteiger partial charge < -0.3 is 10.8 Å². The van der Waals surface area contributed by atoms with Gasteiger partial charge in [0.1, 0.15) is 11.6 Å². The molecule has 1 heterocycles. The maximum atomic E-state index is 11.0. The number of carboxylic acids is 1. The van der Waals surface area contributed by atoms with Gasteiger partial charge in [-0.1, -0.05) is 0 Å². The summed E-state index contributed by atoms with van der Waals surface area (Å²) in [6.45, 7) is 0. The third kappa shape index (κ3) is 1.85. The minimum Gasteiger partial charge on any atom is -0.481 e. The van der Waals surface area contributed by atoms with Crippen LogP contribution in [-0.2, 0) is 17.6 Å².